The van der Waals surface area contributed by atoms with Gasteiger partial charge in [0, 0.05) is 30.4 Å². The van der Waals surface area contributed by atoms with Crippen molar-refractivity contribution >= 4 is 16.3 Å². The minimum Gasteiger partial charge on any atom is -0.298 e. The molecule has 1 aromatic carbocycles. The number of sulfonamides is 1. The fourth-order valence-corrected chi connectivity index (χ4v) is 4.29. The van der Waals surface area contributed by atoms with E-state index in [4.69, 9.17) is 0 Å². The van der Waals surface area contributed by atoms with Crippen molar-refractivity contribution in [2.75, 3.05) is 13.1 Å². The summed E-state index contributed by atoms with van der Waals surface area (Å²) in [6, 6.07) is 9.96. The molecule has 1 aromatic heterocycles. The minimum absolute atomic E-state index is 0.218. The molecule has 1 aliphatic heterocycles. The van der Waals surface area contributed by atoms with Gasteiger partial charge in [-0.1, -0.05) is 24.3 Å². The Morgan fingerprint density at radius 2 is 1.73 bits per heavy atom. The molecule has 6 heteroatoms. The van der Waals surface area contributed by atoms with Crippen LogP contribution in [-0.4, -0.2) is 37.1 Å². The Balaban J connectivity index is 2.07. The van der Waals surface area contributed by atoms with Crippen molar-refractivity contribution in [3.05, 3.63) is 48.2 Å². The zero-order valence-electron chi connectivity index (χ0n) is 12.0. The SMILES string of the molecule is O=Cc1ccc(-c2ncccc2S(=O)(=O)N2CCCC2)cc1. The first kappa shape index (κ1) is 14.9. The molecule has 0 radical (unpaired) electrons. The fraction of sp³-hybridized carbons (Fsp3) is 0.250. The number of rotatable bonds is 4. The van der Waals surface area contributed by atoms with Gasteiger partial charge in [-0.05, 0) is 25.0 Å². The van der Waals surface area contributed by atoms with Gasteiger partial charge in [0.1, 0.15) is 11.2 Å². The summed E-state index contributed by atoms with van der Waals surface area (Å²) in [7, 11) is -3.53. The summed E-state index contributed by atoms with van der Waals surface area (Å²) < 4.78 is 27.1. The molecule has 0 atom stereocenters. The maximum absolute atomic E-state index is 12.8. The minimum atomic E-state index is -3.53. The van der Waals surface area contributed by atoms with Gasteiger partial charge in [-0.15, -0.1) is 0 Å². The zero-order chi connectivity index (χ0) is 15.6. The molecule has 1 fully saturated rings. The van der Waals surface area contributed by atoms with E-state index < -0.39 is 10.0 Å². The second-order valence-corrected chi connectivity index (χ2v) is 7.11. The van der Waals surface area contributed by atoms with Crippen LogP contribution in [0.5, 0.6) is 0 Å². The van der Waals surface area contributed by atoms with Crippen LogP contribution in [-0.2, 0) is 10.0 Å². The largest absolute Gasteiger partial charge is 0.298 e. The topological polar surface area (TPSA) is 67.3 Å². The summed E-state index contributed by atoms with van der Waals surface area (Å²) in [6.45, 7) is 1.11. The van der Waals surface area contributed by atoms with E-state index in [0.29, 0.717) is 29.9 Å². The highest BCUT2D eigenvalue weighted by atomic mass is 32.2. The maximum Gasteiger partial charge on any atom is 0.245 e. The molecule has 0 bridgehead atoms. The predicted molar refractivity (Wildman–Crippen MR) is 83.1 cm³/mol. The average Bonchev–Trinajstić information content (AvgIpc) is 3.10. The molecule has 0 spiro atoms. The number of benzene rings is 1. The van der Waals surface area contributed by atoms with Crippen LogP contribution in [0, 0.1) is 0 Å². The fourth-order valence-electron chi connectivity index (χ4n) is 2.60. The number of pyridine rings is 1. The monoisotopic (exact) mass is 316 g/mol. The zero-order valence-corrected chi connectivity index (χ0v) is 12.8. The van der Waals surface area contributed by atoms with Crippen molar-refractivity contribution in [1.29, 1.82) is 0 Å². The van der Waals surface area contributed by atoms with Crippen molar-refractivity contribution in [3.63, 3.8) is 0 Å². The lowest BCUT2D eigenvalue weighted by molar-refractivity contribution is 0.112. The van der Waals surface area contributed by atoms with Crippen molar-refractivity contribution < 1.29 is 13.2 Å². The van der Waals surface area contributed by atoms with E-state index in [1.807, 2.05) is 0 Å². The van der Waals surface area contributed by atoms with Crippen LogP contribution in [0.15, 0.2) is 47.5 Å². The van der Waals surface area contributed by atoms with Crippen LogP contribution in [0.25, 0.3) is 11.3 Å². The van der Waals surface area contributed by atoms with Gasteiger partial charge in [0.25, 0.3) is 0 Å². The van der Waals surface area contributed by atoms with Crippen molar-refractivity contribution in [2.24, 2.45) is 0 Å². The molecule has 2 aromatic rings. The molecule has 0 aliphatic carbocycles. The summed E-state index contributed by atoms with van der Waals surface area (Å²) >= 11 is 0. The number of nitrogens with zero attached hydrogens (tertiary/aromatic N) is 2. The highest BCUT2D eigenvalue weighted by Gasteiger charge is 2.29. The molecule has 5 nitrogen and oxygen atoms in total. The van der Waals surface area contributed by atoms with Gasteiger partial charge in [-0.3, -0.25) is 9.78 Å². The molecule has 3 rings (SSSR count). The van der Waals surface area contributed by atoms with Crippen molar-refractivity contribution in [3.8, 4) is 11.3 Å². The molecule has 0 amide bonds. The summed E-state index contributed by atoms with van der Waals surface area (Å²) in [6.07, 6.45) is 4.11. The Labute approximate surface area is 129 Å². The number of carbonyl (C=O) groups excluding carboxylic acids is 1. The van der Waals surface area contributed by atoms with Gasteiger partial charge in [0.05, 0.1) is 5.69 Å². The lowest BCUT2D eigenvalue weighted by atomic mass is 10.1. The van der Waals surface area contributed by atoms with E-state index in [2.05, 4.69) is 4.98 Å². The third-order valence-electron chi connectivity index (χ3n) is 3.77. The Hall–Kier alpha value is -2.05. The normalized spacial score (nSPS) is 15.8. The standard InChI is InChI=1S/C16H16N2O3S/c19-12-13-5-7-14(8-6-13)16-15(4-3-9-17-16)22(20,21)18-10-1-2-11-18/h3-9,12H,1-2,10-11H2. The average molecular weight is 316 g/mol. The van der Waals surface area contributed by atoms with Crippen LogP contribution >= 0.6 is 0 Å². The van der Waals surface area contributed by atoms with Gasteiger partial charge >= 0.3 is 0 Å². The van der Waals surface area contributed by atoms with E-state index in [0.717, 1.165) is 19.1 Å². The number of carbonyl (C=O) groups is 1. The van der Waals surface area contributed by atoms with Crippen LogP contribution in [0.1, 0.15) is 23.2 Å². The van der Waals surface area contributed by atoms with Crippen molar-refractivity contribution in [1.82, 2.24) is 9.29 Å². The molecular formula is C16H16N2O3S. The van der Waals surface area contributed by atoms with E-state index in [1.54, 1.807) is 42.6 Å². The van der Waals surface area contributed by atoms with Crippen LogP contribution in [0.3, 0.4) is 0 Å². The lowest BCUT2D eigenvalue weighted by Crippen LogP contribution is -2.28. The van der Waals surface area contributed by atoms with E-state index >= 15 is 0 Å². The lowest BCUT2D eigenvalue weighted by Gasteiger charge is -2.17. The quantitative estimate of drug-likeness (QED) is 0.812. The second kappa shape index (κ2) is 5.98. The molecule has 0 saturated carbocycles. The number of aromatic nitrogens is 1. The first-order valence-electron chi connectivity index (χ1n) is 7.14. The smallest absolute Gasteiger partial charge is 0.245 e. The Kier molecular flexibility index (Phi) is 4.04. The molecule has 0 unspecified atom stereocenters. The third-order valence-corrected chi connectivity index (χ3v) is 5.70. The highest BCUT2D eigenvalue weighted by molar-refractivity contribution is 7.89. The first-order valence-corrected chi connectivity index (χ1v) is 8.58. The summed E-state index contributed by atoms with van der Waals surface area (Å²) in [5.74, 6) is 0. The van der Waals surface area contributed by atoms with Gasteiger partial charge in [-0.2, -0.15) is 4.31 Å². The van der Waals surface area contributed by atoms with Gasteiger partial charge in [0.15, 0.2) is 0 Å². The van der Waals surface area contributed by atoms with Crippen LogP contribution < -0.4 is 0 Å². The number of hydrogen-bond acceptors (Lipinski definition) is 4. The molecule has 1 aliphatic rings. The summed E-state index contributed by atoms with van der Waals surface area (Å²) in [5.41, 5.74) is 1.65. The maximum atomic E-state index is 12.8. The van der Waals surface area contributed by atoms with Crippen LogP contribution in [0.2, 0.25) is 0 Å². The second-order valence-electron chi connectivity index (χ2n) is 5.20. The van der Waals surface area contributed by atoms with E-state index in [-0.39, 0.29) is 4.90 Å². The molecule has 0 N–H and O–H groups in total. The van der Waals surface area contributed by atoms with Crippen LogP contribution in [0.4, 0.5) is 0 Å². The Morgan fingerprint density at radius 1 is 1.05 bits per heavy atom. The van der Waals surface area contributed by atoms with Gasteiger partial charge < -0.3 is 0 Å². The molecule has 114 valence electrons. The summed E-state index contributed by atoms with van der Waals surface area (Å²) in [5, 5.41) is 0. The Morgan fingerprint density at radius 3 is 2.36 bits per heavy atom. The third kappa shape index (κ3) is 2.67. The number of aldehydes is 1. The van der Waals surface area contributed by atoms with Gasteiger partial charge in [0.2, 0.25) is 10.0 Å². The molecule has 22 heavy (non-hydrogen) atoms. The van der Waals surface area contributed by atoms with E-state index in [9.17, 15) is 13.2 Å². The molecular weight excluding hydrogens is 300 g/mol. The van der Waals surface area contributed by atoms with Crippen molar-refractivity contribution in [2.45, 2.75) is 17.7 Å². The molecule has 2 heterocycles. The van der Waals surface area contributed by atoms with Gasteiger partial charge in [-0.25, -0.2) is 8.42 Å². The molecule has 1 saturated heterocycles. The number of hydrogen-bond donors (Lipinski definition) is 0. The highest BCUT2D eigenvalue weighted by Crippen LogP contribution is 2.29. The summed E-state index contributed by atoms with van der Waals surface area (Å²) in [4.78, 5) is 15.2. The predicted octanol–water partition coefficient (Wildman–Crippen LogP) is 2.35. The van der Waals surface area contributed by atoms with E-state index in [1.165, 1.54) is 4.31 Å². The Bertz CT molecular complexity index is 779. The first-order chi connectivity index (χ1) is 10.6.